The molecule has 2 aliphatic heterocycles. The maximum absolute atomic E-state index is 12.7. The molecule has 1 fully saturated rings. The van der Waals surface area contributed by atoms with Gasteiger partial charge < -0.3 is 9.80 Å². The first-order valence-corrected chi connectivity index (χ1v) is 9.38. The van der Waals surface area contributed by atoms with Gasteiger partial charge in [-0.3, -0.25) is 14.3 Å². The summed E-state index contributed by atoms with van der Waals surface area (Å²) in [5.41, 5.74) is 2.74. The number of hydrogen-bond donors (Lipinski definition) is 0. The zero-order valence-corrected chi connectivity index (χ0v) is 14.9. The Labute approximate surface area is 153 Å². The number of fused-ring (bicyclic) bond motifs is 1. The molecule has 0 bridgehead atoms. The van der Waals surface area contributed by atoms with Crippen molar-refractivity contribution in [2.75, 3.05) is 26.2 Å². The zero-order chi connectivity index (χ0) is 17.9. The standard InChI is InChI=1S/C20H24N4O2/c25-19(14-16-6-2-1-3-7-16)22-10-12-23(13-11-22)20(26)18-15-17-8-4-5-9-24(17)21-18/h1-3,6-7,15H,4-5,8-14H2. The van der Waals surface area contributed by atoms with Crippen molar-refractivity contribution in [1.82, 2.24) is 19.6 Å². The third-order valence-corrected chi connectivity index (χ3v) is 5.25. The predicted octanol–water partition coefficient (Wildman–Crippen LogP) is 1.75. The maximum atomic E-state index is 12.7. The maximum Gasteiger partial charge on any atom is 0.274 e. The number of piperazine rings is 1. The van der Waals surface area contributed by atoms with Gasteiger partial charge in [-0.05, 0) is 30.9 Å². The van der Waals surface area contributed by atoms with Gasteiger partial charge >= 0.3 is 0 Å². The van der Waals surface area contributed by atoms with Gasteiger partial charge in [-0.15, -0.1) is 0 Å². The van der Waals surface area contributed by atoms with Crippen molar-refractivity contribution in [3.8, 4) is 0 Å². The van der Waals surface area contributed by atoms with E-state index in [4.69, 9.17) is 0 Å². The average molecular weight is 352 g/mol. The Bertz CT molecular complexity index is 768. The highest BCUT2D eigenvalue weighted by Crippen LogP contribution is 2.17. The molecule has 0 spiro atoms. The predicted molar refractivity (Wildman–Crippen MR) is 97.8 cm³/mol. The van der Waals surface area contributed by atoms with Gasteiger partial charge in [0.25, 0.3) is 5.91 Å². The van der Waals surface area contributed by atoms with E-state index >= 15 is 0 Å². The lowest BCUT2D eigenvalue weighted by Crippen LogP contribution is -2.51. The van der Waals surface area contributed by atoms with Gasteiger partial charge in [0.1, 0.15) is 0 Å². The summed E-state index contributed by atoms with van der Waals surface area (Å²) in [6, 6.07) is 11.7. The fourth-order valence-corrected chi connectivity index (χ4v) is 3.73. The van der Waals surface area contributed by atoms with Crippen molar-refractivity contribution in [1.29, 1.82) is 0 Å². The van der Waals surface area contributed by atoms with Crippen LogP contribution in [0.2, 0.25) is 0 Å². The number of hydrogen-bond acceptors (Lipinski definition) is 3. The van der Waals surface area contributed by atoms with Crippen molar-refractivity contribution >= 4 is 11.8 Å². The van der Waals surface area contributed by atoms with Gasteiger partial charge in [-0.1, -0.05) is 30.3 Å². The second kappa shape index (κ2) is 7.32. The van der Waals surface area contributed by atoms with Crippen molar-refractivity contribution in [3.05, 3.63) is 53.3 Å². The molecule has 2 amide bonds. The topological polar surface area (TPSA) is 58.4 Å². The third-order valence-electron chi connectivity index (χ3n) is 5.25. The molecule has 1 aromatic heterocycles. The monoisotopic (exact) mass is 352 g/mol. The van der Waals surface area contributed by atoms with Crippen LogP contribution in [-0.4, -0.2) is 57.6 Å². The minimum Gasteiger partial charge on any atom is -0.339 e. The number of carbonyl (C=O) groups is 2. The molecule has 1 saturated heterocycles. The summed E-state index contributed by atoms with van der Waals surface area (Å²) in [4.78, 5) is 28.9. The molecule has 0 N–H and O–H groups in total. The molecule has 3 heterocycles. The van der Waals surface area contributed by atoms with Crippen LogP contribution in [-0.2, 0) is 24.2 Å². The summed E-state index contributed by atoms with van der Waals surface area (Å²) in [5.74, 6) is 0.114. The van der Waals surface area contributed by atoms with E-state index in [1.807, 2.05) is 50.9 Å². The van der Waals surface area contributed by atoms with Crippen LogP contribution in [0.5, 0.6) is 0 Å². The molecule has 1 aromatic carbocycles. The zero-order valence-electron chi connectivity index (χ0n) is 14.9. The first kappa shape index (κ1) is 16.8. The molecule has 0 radical (unpaired) electrons. The summed E-state index contributed by atoms with van der Waals surface area (Å²) in [5, 5.41) is 4.48. The van der Waals surface area contributed by atoms with Crippen LogP contribution in [0.15, 0.2) is 36.4 Å². The van der Waals surface area contributed by atoms with E-state index in [2.05, 4.69) is 5.10 Å². The lowest BCUT2D eigenvalue weighted by atomic mass is 10.1. The SMILES string of the molecule is O=C(Cc1ccccc1)N1CCN(C(=O)c2cc3n(n2)CCCC3)CC1. The van der Waals surface area contributed by atoms with E-state index in [-0.39, 0.29) is 11.8 Å². The largest absolute Gasteiger partial charge is 0.339 e. The molecule has 136 valence electrons. The van der Waals surface area contributed by atoms with Gasteiger partial charge in [0.2, 0.25) is 5.91 Å². The average Bonchev–Trinajstić information content (AvgIpc) is 3.12. The van der Waals surface area contributed by atoms with Crippen molar-refractivity contribution < 1.29 is 9.59 Å². The second-order valence-electron chi connectivity index (χ2n) is 7.04. The van der Waals surface area contributed by atoms with Gasteiger partial charge in [-0.25, -0.2) is 0 Å². The Balaban J connectivity index is 1.33. The molecule has 0 atom stereocenters. The van der Waals surface area contributed by atoms with Crippen LogP contribution in [0.4, 0.5) is 0 Å². The molecule has 6 nitrogen and oxygen atoms in total. The van der Waals surface area contributed by atoms with Gasteiger partial charge in [0.05, 0.1) is 6.42 Å². The van der Waals surface area contributed by atoms with Crippen LogP contribution in [0, 0.1) is 0 Å². The summed E-state index contributed by atoms with van der Waals surface area (Å²) < 4.78 is 1.97. The quantitative estimate of drug-likeness (QED) is 0.846. The lowest BCUT2D eigenvalue weighted by molar-refractivity contribution is -0.131. The van der Waals surface area contributed by atoms with Crippen molar-refractivity contribution in [2.45, 2.75) is 32.2 Å². The number of benzene rings is 1. The summed E-state index contributed by atoms with van der Waals surface area (Å²) in [7, 11) is 0. The van der Waals surface area contributed by atoms with E-state index in [0.717, 1.165) is 30.6 Å². The lowest BCUT2D eigenvalue weighted by Gasteiger charge is -2.34. The molecule has 0 unspecified atom stereocenters. The van der Waals surface area contributed by atoms with Crippen LogP contribution in [0.25, 0.3) is 0 Å². The number of aromatic nitrogens is 2. The Kier molecular flexibility index (Phi) is 4.73. The van der Waals surface area contributed by atoms with E-state index in [1.54, 1.807) is 0 Å². The summed E-state index contributed by atoms with van der Waals surface area (Å²) in [6.45, 7) is 3.23. The molecule has 4 rings (SSSR count). The molecule has 0 aliphatic carbocycles. The van der Waals surface area contributed by atoms with Crippen LogP contribution < -0.4 is 0 Å². The molecule has 26 heavy (non-hydrogen) atoms. The molecule has 2 aromatic rings. The Morgan fingerprint density at radius 1 is 0.923 bits per heavy atom. The number of aryl methyl sites for hydroxylation is 2. The molecular formula is C20H24N4O2. The van der Waals surface area contributed by atoms with Crippen LogP contribution in [0.3, 0.4) is 0 Å². The van der Waals surface area contributed by atoms with E-state index in [9.17, 15) is 9.59 Å². The fourth-order valence-electron chi connectivity index (χ4n) is 3.73. The Hall–Kier alpha value is -2.63. The Morgan fingerprint density at radius 2 is 1.65 bits per heavy atom. The van der Waals surface area contributed by atoms with E-state index in [1.165, 1.54) is 6.42 Å². The van der Waals surface area contributed by atoms with E-state index in [0.29, 0.717) is 38.3 Å². The smallest absolute Gasteiger partial charge is 0.274 e. The minimum absolute atomic E-state index is 0.0120. The third kappa shape index (κ3) is 3.49. The normalized spacial score (nSPS) is 17.1. The van der Waals surface area contributed by atoms with Crippen LogP contribution >= 0.6 is 0 Å². The Morgan fingerprint density at radius 3 is 2.38 bits per heavy atom. The highest BCUT2D eigenvalue weighted by atomic mass is 16.2. The number of nitrogens with zero attached hydrogens (tertiary/aromatic N) is 4. The number of carbonyl (C=O) groups excluding carboxylic acids is 2. The van der Waals surface area contributed by atoms with Gasteiger partial charge in [-0.2, -0.15) is 5.10 Å². The first-order valence-electron chi connectivity index (χ1n) is 9.38. The number of rotatable bonds is 3. The number of amides is 2. The highest BCUT2D eigenvalue weighted by molar-refractivity contribution is 5.92. The fraction of sp³-hybridized carbons (Fsp3) is 0.450. The van der Waals surface area contributed by atoms with Crippen LogP contribution in [0.1, 0.15) is 34.6 Å². The van der Waals surface area contributed by atoms with Gasteiger partial charge in [0, 0.05) is 38.4 Å². The van der Waals surface area contributed by atoms with Crippen molar-refractivity contribution in [2.24, 2.45) is 0 Å². The molecule has 0 saturated carbocycles. The molecule has 6 heteroatoms. The highest BCUT2D eigenvalue weighted by Gasteiger charge is 2.27. The van der Waals surface area contributed by atoms with Gasteiger partial charge in [0.15, 0.2) is 5.69 Å². The first-order chi connectivity index (χ1) is 12.7. The summed E-state index contributed by atoms with van der Waals surface area (Å²) in [6.07, 6.45) is 3.72. The van der Waals surface area contributed by atoms with Crippen molar-refractivity contribution in [3.63, 3.8) is 0 Å². The molecular weight excluding hydrogens is 328 g/mol. The second-order valence-corrected chi connectivity index (χ2v) is 7.04. The minimum atomic E-state index is -0.0120. The summed E-state index contributed by atoms with van der Waals surface area (Å²) >= 11 is 0. The molecule has 2 aliphatic rings. The van der Waals surface area contributed by atoms with E-state index < -0.39 is 0 Å².